The fourth-order valence-electron chi connectivity index (χ4n) is 2.94. The smallest absolute Gasteiger partial charge is 0.257 e. The lowest BCUT2D eigenvalue weighted by Gasteiger charge is -2.34. The van der Waals surface area contributed by atoms with Crippen LogP contribution in [0.1, 0.15) is 28.5 Å². The SMILES string of the molecule is CCn1cc(CN2CCN(C(=O)c3cnn(C)c3)CC2)c(C)n1. The van der Waals surface area contributed by atoms with Crippen molar-refractivity contribution in [3.8, 4) is 0 Å². The molecule has 0 spiro atoms. The molecule has 0 atom stereocenters. The second kappa shape index (κ2) is 6.54. The third-order valence-corrected chi connectivity index (χ3v) is 4.38. The molecule has 0 unspecified atom stereocenters. The number of aryl methyl sites for hydroxylation is 3. The molecule has 3 rings (SSSR count). The van der Waals surface area contributed by atoms with E-state index in [1.54, 1.807) is 17.1 Å². The number of hydrogen-bond donors (Lipinski definition) is 0. The van der Waals surface area contributed by atoms with Crippen molar-refractivity contribution < 1.29 is 4.79 Å². The van der Waals surface area contributed by atoms with Gasteiger partial charge in [0.05, 0.1) is 17.5 Å². The predicted octanol–water partition coefficient (Wildman–Crippen LogP) is 0.903. The molecule has 0 aromatic carbocycles. The zero-order chi connectivity index (χ0) is 16.4. The Bertz CT molecular complexity index is 681. The number of carbonyl (C=O) groups is 1. The molecule has 0 bridgehead atoms. The normalized spacial score (nSPS) is 16.0. The van der Waals surface area contributed by atoms with Gasteiger partial charge in [-0.25, -0.2) is 0 Å². The topological polar surface area (TPSA) is 59.2 Å². The predicted molar refractivity (Wildman–Crippen MR) is 87.0 cm³/mol. The van der Waals surface area contributed by atoms with Crippen LogP contribution in [-0.2, 0) is 20.1 Å². The summed E-state index contributed by atoms with van der Waals surface area (Å²) in [5.74, 6) is 0.0766. The minimum absolute atomic E-state index is 0.0766. The van der Waals surface area contributed by atoms with Gasteiger partial charge in [-0.05, 0) is 13.8 Å². The first-order valence-corrected chi connectivity index (χ1v) is 8.10. The molecule has 7 nitrogen and oxygen atoms in total. The highest BCUT2D eigenvalue weighted by Gasteiger charge is 2.23. The van der Waals surface area contributed by atoms with Crippen LogP contribution < -0.4 is 0 Å². The fourth-order valence-corrected chi connectivity index (χ4v) is 2.94. The van der Waals surface area contributed by atoms with Crippen molar-refractivity contribution >= 4 is 5.91 Å². The molecule has 1 saturated heterocycles. The Morgan fingerprint density at radius 1 is 1.22 bits per heavy atom. The molecule has 7 heteroatoms. The van der Waals surface area contributed by atoms with E-state index in [9.17, 15) is 4.79 Å². The zero-order valence-electron chi connectivity index (χ0n) is 14.1. The molecule has 1 amide bonds. The molecule has 1 fully saturated rings. The summed E-state index contributed by atoms with van der Waals surface area (Å²) in [6.07, 6.45) is 5.54. The highest BCUT2D eigenvalue weighted by atomic mass is 16.2. The summed E-state index contributed by atoms with van der Waals surface area (Å²) in [6, 6.07) is 0. The van der Waals surface area contributed by atoms with Gasteiger partial charge in [-0.3, -0.25) is 19.1 Å². The number of hydrogen-bond acceptors (Lipinski definition) is 4. The van der Waals surface area contributed by atoms with E-state index in [0.717, 1.165) is 45.0 Å². The van der Waals surface area contributed by atoms with Crippen molar-refractivity contribution in [3.05, 3.63) is 35.4 Å². The summed E-state index contributed by atoms with van der Waals surface area (Å²) in [7, 11) is 1.83. The quantitative estimate of drug-likeness (QED) is 0.841. The van der Waals surface area contributed by atoms with Crippen molar-refractivity contribution in [2.24, 2.45) is 7.05 Å². The Labute approximate surface area is 136 Å². The molecule has 0 aliphatic carbocycles. The number of rotatable bonds is 4. The van der Waals surface area contributed by atoms with Crippen molar-refractivity contribution in [2.45, 2.75) is 26.9 Å². The summed E-state index contributed by atoms with van der Waals surface area (Å²) >= 11 is 0. The molecule has 1 aliphatic heterocycles. The number of aromatic nitrogens is 4. The Morgan fingerprint density at radius 2 is 1.96 bits per heavy atom. The number of carbonyl (C=O) groups excluding carboxylic acids is 1. The molecule has 1 aliphatic rings. The molecule has 0 N–H and O–H groups in total. The van der Waals surface area contributed by atoms with Gasteiger partial charge < -0.3 is 4.90 Å². The molecular weight excluding hydrogens is 292 g/mol. The van der Waals surface area contributed by atoms with Crippen LogP contribution in [0.2, 0.25) is 0 Å². The molecular formula is C16H24N6O. The molecule has 23 heavy (non-hydrogen) atoms. The van der Waals surface area contributed by atoms with Gasteiger partial charge in [0.15, 0.2) is 0 Å². The standard InChI is InChI=1S/C16H24N6O/c1-4-22-12-15(13(2)18-22)11-20-5-7-21(8-6-20)16(23)14-9-17-19(3)10-14/h9-10,12H,4-8,11H2,1-3H3. The summed E-state index contributed by atoms with van der Waals surface area (Å²) < 4.78 is 3.64. The highest BCUT2D eigenvalue weighted by Crippen LogP contribution is 2.13. The van der Waals surface area contributed by atoms with Gasteiger partial charge in [-0.1, -0.05) is 0 Å². The maximum atomic E-state index is 12.4. The summed E-state index contributed by atoms with van der Waals surface area (Å²) in [5.41, 5.74) is 3.04. The fraction of sp³-hybridized carbons (Fsp3) is 0.562. The van der Waals surface area contributed by atoms with Crippen LogP contribution >= 0.6 is 0 Å². The van der Waals surface area contributed by atoms with E-state index in [-0.39, 0.29) is 5.91 Å². The molecule has 2 aromatic heterocycles. The van der Waals surface area contributed by atoms with Crippen LogP contribution in [0.3, 0.4) is 0 Å². The third kappa shape index (κ3) is 3.44. The molecule has 0 radical (unpaired) electrons. The van der Waals surface area contributed by atoms with Crippen molar-refractivity contribution in [3.63, 3.8) is 0 Å². The van der Waals surface area contributed by atoms with Gasteiger partial charge in [0.2, 0.25) is 0 Å². The van der Waals surface area contributed by atoms with Crippen molar-refractivity contribution in [1.82, 2.24) is 29.4 Å². The molecule has 3 heterocycles. The monoisotopic (exact) mass is 316 g/mol. The molecule has 2 aromatic rings. The van der Waals surface area contributed by atoms with E-state index < -0.39 is 0 Å². The average molecular weight is 316 g/mol. The lowest BCUT2D eigenvalue weighted by atomic mass is 10.2. The van der Waals surface area contributed by atoms with E-state index >= 15 is 0 Å². The van der Waals surface area contributed by atoms with Gasteiger partial charge in [-0.15, -0.1) is 0 Å². The summed E-state index contributed by atoms with van der Waals surface area (Å²) in [6.45, 7) is 9.26. The van der Waals surface area contributed by atoms with Crippen LogP contribution in [0, 0.1) is 6.92 Å². The maximum absolute atomic E-state index is 12.4. The van der Waals surface area contributed by atoms with Gasteiger partial charge in [0, 0.05) is 64.3 Å². The van der Waals surface area contributed by atoms with E-state index in [2.05, 4.69) is 35.1 Å². The second-order valence-electron chi connectivity index (χ2n) is 6.07. The van der Waals surface area contributed by atoms with E-state index in [1.165, 1.54) is 5.56 Å². The van der Waals surface area contributed by atoms with Crippen LogP contribution in [-0.4, -0.2) is 61.4 Å². The van der Waals surface area contributed by atoms with Gasteiger partial charge in [0.1, 0.15) is 0 Å². The maximum Gasteiger partial charge on any atom is 0.257 e. The van der Waals surface area contributed by atoms with Gasteiger partial charge >= 0.3 is 0 Å². The lowest BCUT2D eigenvalue weighted by Crippen LogP contribution is -2.48. The first kappa shape index (κ1) is 15.7. The Hall–Kier alpha value is -2.15. The summed E-state index contributed by atoms with van der Waals surface area (Å²) in [4.78, 5) is 16.7. The lowest BCUT2D eigenvalue weighted by molar-refractivity contribution is 0.0628. The van der Waals surface area contributed by atoms with Crippen LogP contribution in [0.15, 0.2) is 18.6 Å². The van der Waals surface area contributed by atoms with Crippen molar-refractivity contribution in [2.75, 3.05) is 26.2 Å². The van der Waals surface area contributed by atoms with Crippen LogP contribution in [0.4, 0.5) is 0 Å². The van der Waals surface area contributed by atoms with E-state index in [0.29, 0.717) is 5.56 Å². The average Bonchev–Trinajstić information content (AvgIpc) is 3.14. The Balaban J connectivity index is 1.56. The minimum Gasteiger partial charge on any atom is -0.336 e. The molecule has 0 saturated carbocycles. The number of piperazine rings is 1. The minimum atomic E-state index is 0.0766. The van der Waals surface area contributed by atoms with Gasteiger partial charge in [0.25, 0.3) is 5.91 Å². The first-order valence-electron chi connectivity index (χ1n) is 8.10. The van der Waals surface area contributed by atoms with E-state index in [1.807, 2.05) is 16.6 Å². The number of amides is 1. The largest absolute Gasteiger partial charge is 0.336 e. The zero-order valence-corrected chi connectivity index (χ0v) is 14.1. The first-order chi connectivity index (χ1) is 11.1. The Kier molecular flexibility index (Phi) is 4.47. The highest BCUT2D eigenvalue weighted by molar-refractivity contribution is 5.93. The van der Waals surface area contributed by atoms with Gasteiger partial charge in [-0.2, -0.15) is 10.2 Å². The van der Waals surface area contributed by atoms with Crippen LogP contribution in [0.5, 0.6) is 0 Å². The second-order valence-corrected chi connectivity index (χ2v) is 6.07. The summed E-state index contributed by atoms with van der Waals surface area (Å²) in [5, 5.41) is 8.57. The number of nitrogens with zero attached hydrogens (tertiary/aromatic N) is 6. The van der Waals surface area contributed by atoms with Crippen LogP contribution in [0.25, 0.3) is 0 Å². The Morgan fingerprint density at radius 3 is 2.52 bits per heavy atom. The van der Waals surface area contributed by atoms with Crippen molar-refractivity contribution in [1.29, 1.82) is 0 Å². The van der Waals surface area contributed by atoms with E-state index in [4.69, 9.17) is 0 Å². The molecule has 124 valence electrons. The third-order valence-electron chi connectivity index (χ3n) is 4.38.